The van der Waals surface area contributed by atoms with Crippen LogP contribution in [0.2, 0.25) is 0 Å². The Labute approximate surface area is 122 Å². The lowest BCUT2D eigenvalue weighted by atomic mass is 10.1. The van der Waals surface area contributed by atoms with E-state index in [1.54, 1.807) is 10.6 Å². The van der Waals surface area contributed by atoms with Crippen molar-refractivity contribution in [3.8, 4) is 11.3 Å². The Kier molecular flexibility index (Phi) is 2.97. The first kappa shape index (κ1) is 13.1. The summed E-state index contributed by atoms with van der Waals surface area (Å²) in [6.45, 7) is 1.94. The summed E-state index contributed by atoms with van der Waals surface area (Å²) in [5, 5.41) is 0. The number of halogens is 3. The molecule has 2 heterocycles. The van der Waals surface area contributed by atoms with Crippen molar-refractivity contribution in [1.82, 2.24) is 9.38 Å². The number of rotatable bonds is 1. The summed E-state index contributed by atoms with van der Waals surface area (Å²) in [7, 11) is 0. The van der Waals surface area contributed by atoms with Gasteiger partial charge in [0, 0.05) is 16.2 Å². The lowest BCUT2D eigenvalue weighted by Gasteiger charge is -2.02. The molecule has 20 heavy (non-hydrogen) atoms. The zero-order valence-corrected chi connectivity index (χ0v) is 12.1. The largest absolute Gasteiger partial charge is 0.383 e. The quantitative estimate of drug-likeness (QED) is 0.731. The Hall–Kier alpha value is -1.95. The van der Waals surface area contributed by atoms with Crippen molar-refractivity contribution in [2.45, 2.75) is 6.92 Å². The third-order valence-corrected chi connectivity index (χ3v) is 3.96. The molecule has 0 fully saturated rings. The van der Waals surface area contributed by atoms with E-state index in [1.807, 2.05) is 13.0 Å². The molecule has 0 saturated heterocycles. The average molecular weight is 338 g/mol. The second kappa shape index (κ2) is 4.56. The van der Waals surface area contributed by atoms with Gasteiger partial charge >= 0.3 is 0 Å². The van der Waals surface area contributed by atoms with Crippen LogP contribution < -0.4 is 5.73 Å². The Morgan fingerprint density at radius 3 is 2.65 bits per heavy atom. The Balaban J connectivity index is 2.26. The van der Waals surface area contributed by atoms with Crippen LogP contribution in [0.15, 0.2) is 34.9 Å². The second-order valence-electron chi connectivity index (χ2n) is 4.51. The summed E-state index contributed by atoms with van der Waals surface area (Å²) in [6, 6.07) is 5.48. The van der Waals surface area contributed by atoms with E-state index in [9.17, 15) is 8.78 Å². The van der Waals surface area contributed by atoms with Gasteiger partial charge in [-0.25, -0.2) is 13.8 Å². The molecule has 0 aliphatic rings. The molecule has 0 atom stereocenters. The Bertz CT molecular complexity index is 827. The van der Waals surface area contributed by atoms with Gasteiger partial charge in [0.05, 0.1) is 0 Å². The van der Waals surface area contributed by atoms with Crippen molar-refractivity contribution < 1.29 is 8.78 Å². The fourth-order valence-electron chi connectivity index (χ4n) is 2.03. The Morgan fingerprint density at radius 1 is 1.20 bits per heavy atom. The SMILES string of the molecule is Cc1cc2nc(-c3ccc(F)c(F)c3)c(N)n2cc1Br. The molecule has 0 radical (unpaired) electrons. The summed E-state index contributed by atoms with van der Waals surface area (Å²) < 4.78 is 28.9. The van der Waals surface area contributed by atoms with Crippen molar-refractivity contribution in [2.75, 3.05) is 5.73 Å². The minimum atomic E-state index is -0.920. The molecular weight excluding hydrogens is 328 g/mol. The zero-order valence-electron chi connectivity index (χ0n) is 10.5. The van der Waals surface area contributed by atoms with Crippen LogP contribution in [-0.2, 0) is 0 Å². The fraction of sp³-hybridized carbons (Fsp3) is 0.0714. The molecule has 2 aromatic heterocycles. The highest BCUT2D eigenvalue weighted by atomic mass is 79.9. The maximum absolute atomic E-state index is 13.3. The van der Waals surface area contributed by atoms with Crippen LogP contribution >= 0.6 is 15.9 Å². The smallest absolute Gasteiger partial charge is 0.159 e. The highest BCUT2D eigenvalue weighted by Gasteiger charge is 2.14. The van der Waals surface area contributed by atoms with Crippen molar-refractivity contribution in [3.05, 3.63) is 52.1 Å². The monoisotopic (exact) mass is 337 g/mol. The summed E-state index contributed by atoms with van der Waals surface area (Å²) in [5.41, 5.74) is 8.59. The van der Waals surface area contributed by atoms with Crippen LogP contribution in [0.5, 0.6) is 0 Å². The molecule has 0 unspecified atom stereocenters. The molecule has 0 saturated carbocycles. The molecule has 0 amide bonds. The molecule has 0 aliphatic heterocycles. The van der Waals surface area contributed by atoms with Crippen LogP contribution in [-0.4, -0.2) is 9.38 Å². The van der Waals surface area contributed by atoms with E-state index < -0.39 is 11.6 Å². The van der Waals surface area contributed by atoms with Gasteiger partial charge in [-0.2, -0.15) is 0 Å². The van der Waals surface area contributed by atoms with Gasteiger partial charge in [-0.3, -0.25) is 4.40 Å². The van der Waals surface area contributed by atoms with Crippen LogP contribution in [0.4, 0.5) is 14.6 Å². The topological polar surface area (TPSA) is 43.3 Å². The number of aryl methyl sites for hydroxylation is 1. The van der Waals surface area contributed by atoms with Crippen LogP contribution in [0.3, 0.4) is 0 Å². The van der Waals surface area contributed by atoms with E-state index in [4.69, 9.17) is 5.73 Å². The summed E-state index contributed by atoms with van der Waals surface area (Å²) in [4.78, 5) is 4.38. The number of nitrogens with two attached hydrogens (primary N) is 1. The first-order valence-corrected chi connectivity index (χ1v) is 6.66. The number of hydrogen-bond acceptors (Lipinski definition) is 2. The standard InChI is InChI=1S/C14H10BrF2N3/c1-7-4-12-19-13(14(18)20(12)6-9(7)15)8-2-3-10(16)11(17)5-8/h2-6H,18H2,1H3. The maximum Gasteiger partial charge on any atom is 0.159 e. The van der Waals surface area contributed by atoms with E-state index in [0.29, 0.717) is 22.7 Å². The van der Waals surface area contributed by atoms with E-state index in [1.165, 1.54) is 6.07 Å². The van der Waals surface area contributed by atoms with E-state index in [0.717, 1.165) is 22.2 Å². The molecule has 0 aliphatic carbocycles. The van der Waals surface area contributed by atoms with Crippen molar-refractivity contribution in [1.29, 1.82) is 0 Å². The van der Waals surface area contributed by atoms with Gasteiger partial charge < -0.3 is 5.73 Å². The molecule has 3 rings (SSSR count). The predicted octanol–water partition coefficient (Wildman–Crippen LogP) is 3.93. The first-order valence-electron chi connectivity index (χ1n) is 5.86. The van der Waals surface area contributed by atoms with Gasteiger partial charge in [0.2, 0.25) is 0 Å². The highest BCUT2D eigenvalue weighted by molar-refractivity contribution is 9.10. The molecule has 102 valence electrons. The number of fused-ring (bicyclic) bond motifs is 1. The number of benzene rings is 1. The average Bonchev–Trinajstić information content (AvgIpc) is 2.71. The summed E-state index contributed by atoms with van der Waals surface area (Å²) >= 11 is 3.42. The van der Waals surface area contributed by atoms with Crippen LogP contribution in [0.25, 0.3) is 16.9 Å². The molecule has 3 nitrogen and oxygen atoms in total. The molecular formula is C14H10BrF2N3. The van der Waals surface area contributed by atoms with E-state index in [2.05, 4.69) is 20.9 Å². The zero-order chi connectivity index (χ0) is 14.4. The predicted molar refractivity (Wildman–Crippen MR) is 77.4 cm³/mol. The number of anilines is 1. The molecule has 3 aromatic rings. The third-order valence-electron chi connectivity index (χ3n) is 3.13. The third kappa shape index (κ3) is 1.96. The minimum absolute atomic E-state index is 0.381. The van der Waals surface area contributed by atoms with Gasteiger partial charge in [0.15, 0.2) is 11.6 Å². The number of nitrogen functional groups attached to an aromatic ring is 1. The lowest BCUT2D eigenvalue weighted by Crippen LogP contribution is -1.95. The number of hydrogen-bond donors (Lipinski definition) is 1. The summed E-state index contributed by atoms with van der Waals surface area (Å²) in [6.07, 6.45) is 1.80. The van der Waals surface area contributed by atoms with Crippen molar-refractivity contribution >= 4 is 27.4 Å². The number of aromatic nitrogens is 2. The maximum atomic E-state index is 13.3. The normalized spacial score (nSPS) is 11.2. The van der Waals surface area contributed by atoms with Gasteiger partial charge in [0.25, 0.3) is 0 Å². The second-order valence-corrected chi connectivity index (χ2v) is 5.36. The van der Waals surface area contributed by atoms with Gasteiger partial charge in [-0.05, 0) is 52.7 Å². The minimum Gasteiger partial charge on any atom is -0.383 e. The Morgan fingerprint density at radius 2 is 1.95 bits per heavy atom. The lowest BCUT2D eigenvalue weighted by molar-refractivity contribution is 0.509. The van der Waals surface area contributed by atoms with Crippen LogP contribution in [0.1, 0.15) is 5.56 Å². The van der Waals surface area contributed by atoms with Crippen molar-refractivity contribution in [3.63, 3.8) is 0 Å². The van der Waals surface area contributed by atoms with Crippen molar-refractivity contribution in [2.24, 2.45) is 0 Å². The highest BCUT2D eigenvalue weighted by Crippen LogP contribution is 2.29. The fourth-order valence-corrected chi connectivity index (χ4v) is 2.35. The van der Waals surface area contributed by atoms with Gasteiger partial charge in [-0.15, -0.1) is 0 Å². The van der Waals surface area contributed by atoms with Gasteiger partial charge in [-0.1, -0.05) is 0 Å². The molecule has 6 heteroatoms. The molecule has 0 spiro atoms. The van der Waals surface area contributed by atoms with Crippen LogP contribution in [0, 0.1) is 18.6 Å². The summed E-state index contributed by atoms with van der Waals surface area (Å²) in [5.74, 6) is -1.43. The number of pyridine rings is 1. The molecule has 0 bridgehead atoms. The number of nitrogens with zero attached hydrogens (tertiary/aromatic N) is 2. The molecule has 1 aromatic carbocycles. The van der Waals surface area contributed by atoms with Gasteiger partial charge in [0.1, 0.15) is 17.2 Å². The molecule has 2 N–H and O–H groups in total. The number of imidazole rings is 1. The van der Waals surface area contributed by atoms with E-state index >= 15 is 0 Å². The van der Waals surface area contributed by atoms with E-state index in [-0.39, 0.29) is 0 Å². The first-order chi connectivity index (χ1) is 9.47.